The first-order valence-electron chi connectivity index (χ1n) is 7.31. The summed E-state index contributed by atoms with van der Waals surface area (Å²) in [4.78, 5) is 28.3. The number of hydrogen-bond donors (Lipinski definition) is 2. The van der Waals surface area contributed by atoms with E-state index < -0.39 is 0 Å². The number of benzene rings is 1. The van der Waals surface area contributed by atoms with Gasteiger partial charge in [-0.2, -0.15) is 0 Å². The molecule has 8 heteroatoms. The van der Waals surface area contributed by atoms with Crippen molar-refractivity contribution in [1.82, 2.24) is 19.9 Å². The fourth-order valence-electron chi connectivity index (χ4n) is 1.89. The van der Waals surface area contributed by atoms with Crippen molar-refractivity contribution >= 4 is 35.0 Å². The molecule has 0 saturated carbocycles. The van der Waals surface area contributed by atoms with Crippen LogP contribution in [0.1, 0.15) is 0 Å². The summed E-state index contributed by atoms with van der Waals surface area (Å²) in [7, 11) is 0. The lowest BCUT2D eigenvalue weighted by Gasteiger charge is -2.08. The van der Waals surface area contributed by atoms with Crippen LogP contribution in [-0.4, -0.2) is 25.8 Å². The Morgan fingerprint density at radius 3 is 2.64 bits per heavy atom. The maximum Gasteiger partial charge on any atom is 0.247 e. The lowest BCUT2D eigenvalue weighted by Crippen LogP contribution is -2.07. The highest BCUT2D eigenvalue weighted by Gasteiger charge is 2.05. The standard InChI is InChI=1S/C17H14N6OS/c1-2-14(24)21-12-5-3-6-13(11-12)22-16-18-10-7-15(23-16)25-17-19-8-4-9-20-17/h2-11H,1H2,(H,21,24)(H,18,22,23). The van der Waals surface area contributed by atoms with Crippen LogP contribution >= 0.6 is 11.8 Å². The van der Waals surface area contributed by atoms with Gasteiger partial charge >= 0.3 is 0 Å². The second-order valence-electron chi connectivity index (χ2n) is 4.75. The van der Waals surface area contributed by atoms with Gasteiger partial charge in [0.15, 0.2) is 5.16 Å². The molecule has 0 spiro atoms. The van der Waals surface area contributed by atoms with Crippen LogP contribution < -0.4 is 10.6 Å². The lowest BCUT2D eigenvalue weighted by molar-refractivity contribution is -0.111. The summed E-state index contributed by atoms with van der Waals surface area (Å²) in [5.74, 6) is 0.169. The third-order valence-corrected chi connectivity index (χ3v) is 3.77. The molecule has 1 amide bonds. The maximum atomic E-state index is 11.4. The normalized spacial score (nSPS) is 10.1. The molecule has 0 unspecified atom stereocenters. The number of anilines is 3. The van der Waals surface area contributed by atoms with Gasteiger partial charge in [-0.15, -0.1) is 0 Å². The highest BCUT2D eigenvalue weighted by Crippen LogP contribution is 2.24. The van der Waals surface area contributed by atoms with E-state index in [4.69, 9.17) is 0 Å². The van der Waals surface area contributed by atoms with E-state index in [-0.39, 0.29) is 5.91 Å². The second-order valence-corrected chi connectivity index (χ2v) is 5.74. The molecule has 2 aromatic heterocycles. The predicted molar refractivity (Wildman–Crippen MR) is 96.7 cm³/mol. The lowest BCUT2D eigenvalue weighted by atomic mass is 10.2. The Morgan fingerprint density at radius 2 is 1.84 bits per heavy atom. The molecule has 0 aliphatic rings. The van der Waals surface area contributed by atoms with Gasteiger partial charge in [-0.25, -0.2) is 19.9 Å². The van der Waals surface area contributed by atoms with E-state index in [1.165, 1.54) is 17.8 Å². The summed E-state index contributed by atoms with van der Waals surface area (Å²) in [6.07, 6.45) is 6.23. The van der Waals surface area contributed by atoms with Crippen molar-refractivity contribution < 1.29 is 4.79 Å². The Hall–Kier alpha value is -3.26. The minimum atomic E-state index is -0.269. The van der Waals surface area contributed by atoms with E-state index in [0.29, 0.717) is 16.8 Å². The molecule has 3 rings (SSSR count). The second kappa shape index (κ2) is 8.02. The summed E-state index contributed by atoms with van der Waals surface area (Å²) < 4.78 is 0. The molecule has 25 heavy (non-hydrogen) atoms. The van der Waals surface area contributed by atoms with E-state index in [0.717, 1.165) is 10.7 Å². The summed E-state index contributed by atoms with van der Waals surface area (Å²) in [5, 5.41) is 7.15. The molecule has 2 N–H and O–H groups in total. The smallest absolute Gasteiger partial charge is 0.247 e. The number of hydrogen-bond acceptors (Lipinski definition) is 7. The molecular weight excluding hydrogens is 336 g/mol. The van der Waals surface area contributed by atoms with E-state index in [9.17, 15) is 4.79 Å². The van der Waals surface area contributed by atoms with Gasteiger partial charge in [-0.1, -0.05) is 12.6 Å². The van der Waals surface area contributed by atoms with Gasteiger partial charge in [0.2, 0.25) is 11.9 Å². The minimum absolute atomic E-state index is 0.269. The van der Waals surface area contributed by atoms with Crippen LogP contribution in [0.3, 0.4) is 0 Å². The van der Waals surface area contributed by atoms with Gasteiger partial charge in [-0.05, 0) is 48.2 Å². The van der Waals surface area contributed by atoms with E-state index in [2.05, 4.69) is 37.1 Å². The summed E-state index contributed by atoms with van der Waals surface area (Å²) in [6.45, 7) is 3.43. The number of carbonyl (C=O) groups is 1. The summed E-state index contributed by atoms with van der Waals surface area (Å²) in [5.41, 5.74) is 1.40. The third-order valence-electron chi connectivity index (χ3n) is 2.94. The minimum Gasteiger partial charge on any atom is -0.324 e. The molecular formula is C17H14N6OS. The average Bonchev–Trinajstić information content (AvgIpc) is 2.63. The fourth-order valence-corrected chi connectivity index (χ4v) is 2.56. The zero-order valence-electron chi connectivity index (χ0n) is 13.1. The quantitative estimate of drug-likeness (QED) is 0.400. The molecule has 0 fully saturated rings. The Balaban J connectivity index is 1.73. The molecule has 0 bridgehead atoms. The summed E-state index contributed by atoms with van der Waals surface area (Å²) in [6, 6.07) is 10.8. The number of nitrogens with zero attached hydrogens (tertiary/aromatic N) is 4. The van der Waals surface area contributed by atoms with Crippen molar-refractivity contribution in [1.29, 1.82) is 0 Å². The molecule has 2 heterocycles. The monoisotopic (exact) mass is 350 g/mol. The van der Waals surface area contributed by atoms with Crippen LogP contribution in [0, 0.1) is 0 Å². The molecule has 3 aromatic rings. The third kappa shape index (κ3) is 4.85. The highest BCUT2D eigenvalue weighted by atomic mass is 32.2. The van der Waals surface area contributed by atoms with Crippen LogP contribution in [-0.2, 0) is 4.79 Å². The van der Waals surface area contributed by atoms with Crippen LogP contribution in [0.5, 0.6) is 0 Å². The molecule has 0 aliphatic carbocycles. The van der Waals surface area contributed by atoms with Crippen molar-refractivity contribution in [3.63, 3.8) is 0 Å². The zero-order chi connectivity index (χ0) is 17.5. The first-order valence-corrected chi connectivity index (χ1v) is 8.13. The number of rotatable bonds is 6. The van der Waals surface area contributed by atoms with Gasteiger partial charge in [0.1, 0.15) is 5.03 Å². The van der Waals surface area contributed by atoms with Crippen LogP contribution in [0.4, 0.5) is 17.3 Å². The van der Waals surface area contributed by atoms with Crippen molar-refractivity contribution in [2.24, 2.45) is 0 Å². The Kier molecular flexibility index (Phi) is 5.32. The number of carbonyl (C=O) groups excluding carboxylic acids is 1. The van der Waals surface area contributed by atoms with Crippen molar-refractivity contribution in [2.75, 3.05) is 10.6 Å². The topological polar surface area (TPSA) is 92.7 Å². The van der Waals surface area contributed by atoms with Gasteiger partial charge in [-0.3, -0.25) is 4.79 Å². The van der Waals surface area contributed by atoms with Gasteiger partial charge in [0.25, 0.3) is 0 Å². The van der Waals surface area contributed by atoms with Crippen LogP contribution in [0.2, 0.25) is 0 Å². The Bertz CT molecular complexity index is 887. The highest BCUT2D eigenvalue weighted by molar-refractivity contribution is 7.99. The predicted octanol–water partition coefficient (Wildman–Crippen LogP) is 3.29. The van der Waals surface area contributed by atoms with Crippen LogP contribution in [0.25, 0.3) is 0 Å². The van der Waals surface area contributed by atoms with Crippen molar-refractivity contribution in [3.05, 3.63) is 67.6 Å². The molecule has 124 valence electrons. The van der Waals surface area contributed by atoms with Crippen LogP contribution in [0.15, 0.2) is 77.8 Å². The van der Waals surface area contributed by atoms with Gasteiger partial charge in [0.05, 0.1) is 0 Å². The van der Waals surface area contributed by atoms with Gasteiger partial charge < -0.3 is 10.6 Å². The summed E-state index contributed by atoms with van der Waals surface area (Å²) >= 11 is 1.35. The molecule has 0 atom stereocenters. The zero-order valence-corrected chi connectivity index (χ0v) is 13.9. The first-order chi connectivity index (χ1) is 12.2. The van der Waals surface area contributed by atoms with Crippen molar-refractivity contribution in [2.45, 2.75) is 10.2 Å². The van der Waals surface area contributed by atoms with Crippen molar-refractivity contribution in [3.8, 4) is 0 Å². The number of nitrogens with one attached hydrogen (secondary N) is 2. The largest absolute Gasteiger partial charge is 0.324 e. The molecule has 0 aliphatic heterocycles. The number of aromatic nitrogens is 4. The Morgan fingerprint density at radius 1 is 1.04 bits per heavy atom. The SMILES string of the molecule is C=CC(=O)Nc1cccc(Nc2nccc(Sc3ncccn3)n2)c1. The Labute approximate surface area is 148 Å². The average molecular weight is 350 g/mol. The molecule has 0 radical (unpaired) electrons. The first kappa shape index (κ1) is 16.6. The molecule has 0 saturated heterocycles. The fraction of sp³-hybridized carbons (Fsp3) is 0. The van der Waals surface area contributed by atoms with E-state index in [1.807, 2.05) is 12.1 Å². The molecule has 1 aromatic carbocycles. The van der Waals surface area contributed by atoms with Gasteiger partial charge in [0, 0.05) is 30.0 Å². The maximum absolute atomic E-state index is 11.4. The molecule has 7 nitrogen and oxygen atoms in total. The number of amides is 1. The van der Waals surface area contributed by atoms with E-state index in [1.54, 1.807) is 42.9 Å². The van der Waals surface area contributed by atoms with E-state index >= 15 is 0 Å².